The first-order chi connectivity index (χ1) is 5.74. The van der Waals surface area contributed by atoms with Crippen molar-refractivity contribution in [2.75, 3.05) is 0 Å². The van der Waals surface area contributed by atoms with E-state index in [2.05, 4.69) is 11.6 Å². The Labute approximate surface area is 77.1 Å². The van der Waals surface area contributed by atoms with Crippen LogP contribution in [0, 0.1) is 6.92 Å². The minimum atomic E-state index is 0.134. The van der Waals surface area contributed by atoms with Gasteiger partial charge in [-0.15, -0.1) is 17.9 Å². The Balaban J connectivity index is 2.52. The van der Waals surface area contributed by atoms with E-state index in [1.54, 1.807) is 11.3 Å². The predicted octanol–water partition coefficient (Wildman–Crippen LogP) is 2.42. The number of allylic oxidation sites excluding steroid dienone is 1. The van der Waals surface area contributed by atoms with Gasteiger partial charge in [-0.05, 0) is 19.8 Å². The number of aromatic nitrogens is 1. The number of aryl methyl sites for hydroxylation is 1. The van der Waals surface area contributed by atoms with E-state index in [0.717, 1.165) is 17.8 Å². The zero-order valence-corrected chi connectivity index (χ0v) is 8.10. The van der Waals surface area contributed by atoms with Gasteiger partial charge in [-0.25, -0.2) is 4.98 Å². The summed E-state index contributed by atoms with van der Waals surface area (Å²) < 4.78 is 0. The lowest BCUT2D eigenvalue weighted by molar-refractivity contribution is 0.671. The van der Waals surface area contributed by atoms with Crippen LogP contribution in [0.4, 0.5) is 0 Å². The van der Waals surface area contributed by atoms with Crippen molar-refractivity contribution in [3.63, 3.8) is 0 Å². The molecular weight excluding hydrogens is 168 g/mol. The smallest absolute Gasteiger partial charge is 0.0897 e. The first-order valence-electron chi connectivity index (χ1n) is 4.03. The molecule has 0 bridgehead atoms. The quantitative estimate of drug-likeness (QED) is 0.726. The van der Waals surface area contributed by atoms with Crippen molar-refractivity contribution < 1.29 is 0 Å². The summed E-state index contributed by atoms with van der Waals surface area (Å²) >= 11 is 1.68. The fourth-order valence-electron chi connectivity index (χ4n) is 0.989. The fraction of sp³-hybridized carbons (Fsp3) is 0.444. The van der Waals surface area contributed by atoms with Gasteiger partial charge in [0, 0.05) is 17.1 Å². The molecule has 1 aromatic heterocycles. The summed E-state index contributed by atoms with van der Waals surface area (Å²) in [5, 5.41) is 1.08. The van der Waals surface area contributed by atoms with Crippen LogP contribution >= 0.6 is 11.3 Å². The number of rotatable bonds is 4. The standard InChI is InChI=1S/C9H14N2S/c1-3-4-5-8(10)9-6-11-7(2)12-9/h3,6,8H,1,4-5,10H2,2H3. The Hall–Kier alpha value is -0.670. The van der Waals surface area contributed by atoms with E-state index in [0.29, 0.717) is 0 Å². The second kappa shape index (κ2) is 4.38. The molecule has 0 spiro atoms. The summed E-state index contributed by atoms with van der Waals surface area (Å²) in [7, 11) is 0. The van der Waals surface area contributed by atoms with Gasteiger partial charge in [0.25, 0.3) is 0 Å². The lowest BCUT2D eigenvalue weighted by atomic mass is 10.1. The highest BCUT2D eigenvalue weighted by Gasteiger charge is 2.07. The molecule has 1 unspecified atom stereocenters. The van der Waals surface area contributed by atoms with Gasteiger partial charge in [-0.1, -0.05) is 6.08 Å². The maximum atomic E-state index is 5.92. The van der Waals surface area contributed by atoms with Crippen molar-refractivity contribution in [3.05, 3.63) is 28.7 Å². The third kappa shape index (κ3) is 2.43. The Morgan fingerprint density at radius 3 is 3.08 bits per heavy atom. The third-order valence-electron chi connectivity index (χ3n) is 1.69. The van der Waals surface area contributed by atoms with E-state index in [1.807, 2.05) is 19.2 Å². The van der Waals surface area contributed by atoms with Crippen molar-refractivity contribution in [3.8, 4) is 0 Å². The van der Waals surface area contributed by atoms with Crippen molar-refractivity contribution in [2.45, 2.75) is 25.8 Å². The minimum absolute atomic E-state index is 0.134. The van der Waals surface area contributed by atoms with Crippen LogP contribution in [0.1, 0.15) is 28.8 Å². The maximum absolute atomic E-state index is 5.92. The lowest BCUT2D eigenvalue weighted by Crippen LogP contribution is -2.07. The SMILES string of the molecule is C=CCCC(N)c1cnc(C)s1. The van der Waals surface area contributed by atoms with Crippen LogP contribution in [-0.4, -0.2) is 4.98 Å². The largest absolute Gasteiger partial charge is 0.323 e. The molecular formula is C9H14N2S. The molecule has 0 aliphatic heterocycles. The zero-order valence-electron chi connectivity index (χ0n) is 7.29. The third-order valence-corrected chi connectivity index (χ3v) is 2.73. The van der Waals surface area contributed by atoms with Crippen LogP contribution in [0.3, 0.4) is 0 Å². The van der Waals surface area contributed by atoms with Crippen molar-refractivity contribution in [1.82, 2.24) is 4.98 Å². The van der Waals surface area contributed by atoms with E-state index in [1.165, 1.54) is 4.88 Å². The monoisotopic (exact) mass is 182 g/mol. The molecule has 0 aromatic carbocycles. The van der Waals surface area contributed by atoms with Gasteiger partial charge in [0.2, 0.25) is 0 Å². The summed E-state index contributed by atoms with van der Waals surface area (Å²) in [5.74, 6) is 0. The first kappa shape index (κ1) is 9.42. The molecule has 0 fully saturated rings. The molecule has 66 valence electrons. The van der Waals surface area contributed by atoms with Crippen LogP contribution in [0.25, 0.3) is 0 Å². The van der Waals surface area contributed by atoms with Gasteiger partial charge in [-0.2, -0.15) is 0 Å². The van der Waals surface area contributed by atoms with Crippen LogP contribution in [0.15, 0.2) is 18.9 Å². The van der Waals surface area contributed by atoms with Gasteiger partial charge in [0.1, 0.15) is 0 Å². The normalized spacial score (nSPS) is 12.8. The van der Waals surface area contributed by atoms with E-state index in [9.17, 15) is 0 Å². The zero-order chi connectivity index (χ0) is 8.97. The molecule has 0 saturated heterocycles. The molecule has 1 aromatic rings. The molecule has 2 N–H and O–H groups in total. The van der Waals surface area contributed by atoms with Crippen molar-refractivity contribution >= 4 is 11.3 Å². The average molecular weight is 182 g/mol. The summed E-state index contributed by atoms with van der Waals surface area (Å²) in [4.78, 5) is 5.33. The molecule has 0 amide bonds. The number of hydrogen-bond donors (Lipinski definition) is 1. The fourth-order valence-corrected chi connectivity index (χ4v) is 1.81. The molecule has 0 saturated carbocycles. The van der Waals surface area contributed by atoms with Crippen LogP contribution in [0.2, 0.25) is 0 Å². The second-order valence-corrected chi connectivity index (χ2v) is 4.02. The highest BCUT2D eigenvalue weighted by atomic mass is 32.1. The first-order valence-corrected chi connectivity index (χ1v) is 4.84. The molecule has 1 rings (SSSR count). The van der Waals surface area contributed by atoms with Gasteiger partial charge < -0.3 is 5.73 Å². The van der Waals surface area contributed by atoms with E-state index in [4.69, 9.17) is 5.73 Å². The van der Waals surface area contributed by atoms with Gasteiger partial charge in [0.05, 0.1) is 5.01 Å². The lowest BCUT2D eigenvalue weighted by Gasteiger charge is -2.05. The van der Waals surface area contributed by atoms with Crippen molar-refractivity contribution in [2.24, 2.45) is 5.73 Å². The van der Waals surface area contributed by atoms with E-state index < -0.39 is 0 Å². The Kier molecular flexibility index (Phi) is 3.44. The van der Waals surface area contributed by atoms with E-state index >= 15 is 0 Å². The molecule has 1 heterocycles. The Morgan fingerprint density at radius 2 is 2.58 bits per heavy atom. The van der Waals surface area contributed by atoms with Gasteiger partial charge >= 0.3 is 0 Å². The highest BCUT2D eigenvalue weighted by Crippen LogP contribution is 2.21. The molecule has 3 heteroatoms. The average Bonchev–Trinajstić information content (AvgIpc) is 2.47. The number of hydrogen-bond acceptors (Lipinski definition) is 3. The minimum Gasteiger partial charge on any atom is -0.323 e. The molecule has 1 atom stereocenters. The molecule has 0 aliphatic carbocycles. The van der Waals surface area contributed by atoms with Crippen LogP contribution in [-0.2, 0) is 0 Å². The van der Waals surface area contributed by atoms with Crippen LogP contribution < -0.4 is 5.73 Å². The Morgan fingerprint density at radius 1 is 1.83 bits per heavy atom. The maximum Gasteiger partial charge on any atom is 0.0897 e. The second-order valence-electron chi connectivity index (χ2n) is 2.75. The Bertz CT molecular complexity index is 255. The summed E-state index contributed by atoms with van der Waals surface area (Å²) in [6, 6.07) is 0.134. The van der Waals surface area contributed by atoms with Crippen molar-refractivity contribution in [1.29, 1.82) is 0 Å². The molecule has 12 heavy (non-hydrogen) atoms. The molecule has 0 aliphatic rings. The van der Waals surface area contributed by atoms with Gasteiger partial charge in [0.15, 0.2) is 0 Å². The molecule has 2 nitrogen and oxygen atoms in total. The van der Waals surface area contributed by atoms with Crippen LogP contribution in [0.5, 0.6) is 0 Å². The van der Waals surface area contributed by atoms with Gasteiger partial charge in [-0.3, -0.25) is 0 Å². The summed E-state index contributed by atoms with van der Waals surface area (Å²) in [6.07, 6.45) is 5.70. The number of thiazole rings is 1. The summed E-state index contributed by atoms with van der Waals surface area (Å²) in [5.41, 5.74) is 5.92. The number of nitrogens with two attached hydrogens (primary N) is 1. The predicted molar refractivity (Wildman–Crippen MR) is 53.2 cm³/mol. The summed E-state index contributed by atoms with van der Waals surface area (Å²) in [6.45, 7) is 5.66. The number of nitrogens with zero attached hydrogens (tertiary/aromatic N) is 1. The van der Waals surface area contributed by atoms with E-state index in [-0.39, 0.29) is 6.04 Å². The molecule has 0 radical (unpaired) electrons. The topological polar surface area (TPSA) is 38.9 Å². The highest BCUT2D eigenvalue weighted by molar-refractivity contribution is 7.11.